The molecule has 0 N–H and O–H groups in total. The molecule has 1 aliphatic heterocycles. The quantitative estimate of drug-likeness (QED) is 0.527. The van der Waals surface area contributed by atoms with Crippen molar-refractivity contribution in [3.05, 3.63) is 0 Å². The monoisotopic (exact) mass is 329 g/mol. The Morgan fingerprint density at radius 3 is 2.43 bits per heavy atom. The van der Waals surface area contributed by atoms with E-state index in [0.29, 0.717) is 32.3 Å². The first-order chi connectivity index (χ1) is 11.0. The van der Waals surface area contributed by atoms with Crippen molar-refractivity contribution in [2.45, 2.75) is 31.7 Å². The van der Waals surface area contributed by atoms with Crippen molar-refractivity contribution < 1.29 is 14.3 Å². The highest BCUT2D eigenvalue weighted by atomic mass is 16.5. The number of likely N-dealkylation sites (tertiary alicyclic amines) is 1. The Morgan fingerprint density at radius 2 is 1.83 bits per heavy atom. The Labute approximate surface area is 141 Å². The summed E-state index contributed by atoms with van der Waals surface area (Å²) < 4.78 is 10.4. The number of ether oxygens (including phenoxy) is 2. The van der Waals surface area contributed by atoms with Gasteiger partial charge in [0.1, 0.15) is 0 Å². The van der Waals surface area contributed by atoms with Crippen molar-refractivity contribution in [3.8, 4) is 0 Å². The van der Waals surface area contributed by atoms with Crippen LogP contribution < -0.4 is 0 Å². The van der Waals surface area contributed by atoms with Crippen molar-refractivity contribution in [1.82, 2.24) is 14.7 Å². The van der Waals surface area contributed by atoms with Crippen LogP contribution in [0.25, 0.3) is 0 Å². The summed E-state index contributed by atoms with van der Waals surface area (Å²) in [5.74, 6) is 0.275. The summed E-state index contributed by atoms with van der Waals surface area (Å²) in [6.45, 7) is 5.74. The molecule has 1 aliphatic rings. The smallest absolute Gasteiger partial charge is 0.222 e. The average Bonchev–Trinajstić information content (AvgIpc) is 2.52. The number of methoxy groups -OCH3 is 1. The number of hydrogen-bond acceptors (Lipinski definition) is 5. The number of carbonyl (C=O) groups excluding carboxylic acids is 1. The minimum atomic E-state index is 0.275. The van der Waals surface area contributed by atoms with E-state index >= 15 is 0 Å². The van der Waals surface area contributed by atoms with E-state index in [1.165, 1.54) is 0 Å². The molecule has 0 aromatic rings. The Balaban J connectivity index is 2.39. The molecular weight excluding hydrogens is 294 g/mol. The van der Waals surface area contributed by atoms with Crippen molar-refractivity contribution in [2.24, 2.45) is 0 Å². The third-order valence-electron chi connectivity index (χ3n) is 4.35. The Kier molecular flexibility index (Phi) is 10.4. The van der Waals surface area contributed by atoms with Crippen LogP contribution in [0.15, 0.2) is 0 Å². The summed E-state index contributed by atoms with van der Waals surface area (Å²) in [6, 6.07) is 0.396. The van der Waals surface area contributed by atoms with E-state index in [9.17, 15) is 4.79 Å². The maximum atomic E-state index is 12.6. The van der Waals surface area contributed by atoms with Crippen LogP contribution in [0.4, 0.5) is 0 Å². The second-order valence-corrected chi connectivity index (χ2v) is 6.63. The van der Waals surface area contributed by atoms with Crippen LogP contribution in [0, 0.1) is 0 Å². The molecule has 1 amide bonds. The summed E-state index contributed by atoms with van der Waals surface area (Å²) in [5.41, 5.74) is 0. The van der Waals surface area contributed by atoms with Gasteiger partial charge in [-0.15, -0.1) is 0 Å². The third-order valence-corrected chi connectivity index (χ3v) is 4.35. The van der Waals surface area contributed by atoms with Gasteiger partial charge >= 0.3 is 0 Å². The third kappa shape index (κ3) is 8.65. The average molecular weight is 329 g/mol. The first-order valence-electron chi connectivity index (χ1n) is 8.74. The van der Waals surface area contributed by atoms with E-state index in [1.54, 1.807) is 7.11 Å². The minimum absolute atomic E-state index is 0.275. The molecule has 0 bridgehead atoms. The van der Waals surface area contributed by atoms with Crippen molar-refractivity contribution >= 4 is 5.91 Å². The van der Waals surface area contributed by atoms with Gasteiger partial charge in [0.05, 0.1) is 13.2 Å². The molecule has 0 unspecified atom stereocenters. The van der Waals surface area contributed by atoms with E-state index in [4.69, 9.17) is 9.47 Å². The molecule has 136 valence electrons. The minimum Gasteiger partial charge on any atom is -0.382 e. The van der Waals surface area contributed by atoms with E-state index in [0.717, 1.165) is 45.4 Å². The van der Waals surface area contributed by atoms with Crippen LogP contribution in [0.3, 0.4) is 0 Å². The van der Waals surface area contributed by atoms with Gasteiger partial charge in [0.15, 0.2) is 0 Å². The van der Waals surface area contributed by atoms with Gasteiger partial charge < -0.3 is 24.2 Å². The summed E-state index contributed by atoms with van der Waals surface area (Å²) in [7, 11) is 7.93. The standard InChI is InChI=1S/C17H35N3O3/c1-18(2)11-12-20(16-7-9-19(3)10-8-16)17(21)6-5-13-23-15-14-22-4/h16H,5-15H2,1-4H3. The lowest BCUT2D eigenvalue weighted by atomic mass is 10.0. The fourth-order valence-electron chi connectivity index (χ4n) is 2.84. The summed E-state index contributed by atoms with van der Waals surface area (Å²) in [6.07, 6.45) is 3.53. The second kappa shape index (κ2) is 11.8. The molecule has 0 radical (unpaired) electrons. The van der Waals surface area contributed by atoms with Crippen molar-refractivity contribution in [1.29, 1.82) is 0 Å². The topological polar surface area (TPSA) is 45.3 Å². The number of nitrogens with zero attached hydrogens (tertiary/aromatic N) is 3. The molecule has 1 fully saturated rings. The number of rotatable bonds is 11. The number of hydrogen-bond donors (Lipinski definition) is 0. The van der Waals surface area contributed by atoms with Gasteiger partial charge in [0.25, 0.3) is 0 Å². The van der Waals surface area contributed by atoms with Crippen molar-refractivity contribution in [2.75, 3.05) is 74.3 Å². The van der Waals surface area contributed by atoms with Gasteiger partial charge in [-0.1, -0.05) is 0 Å². The van der Waals surface area contributed by atoms with E-state index in [1.807, 2.05) is 0 Å². The number of likely N-dealkylation sites (N-methyl/N-ethyl adjacent to an activating group) is 1. The molecule has 0 atom stereocenters. The van der Waals surface area contributed by atoms with Crippen LogP contribution in [0.1, 0.15) is 25.7 Å². The molecule has 1 heterocycles. The van der Waals surface area contributed by atoms with E-state index in [-0.39, 0.29) is 5.91 Å². The van der Waals surface area contributed by atoms with Gasteiger partial charge in [0, 0.05) is 39.3 Å². The predicted octanol–water partition coefficient (Wildman–Crippen LogP) is 0.914. The molecule has 0 aromatic carbocycles. The number of piperidine rings is 1. The molecular formula is C17H35N3O3. The molecule has 1 rings (SSSR count). The molecule has 0 aromatic heterocycles. The van der Waals surface area contributed by atoms with Gasteiger partial charge in [-0.25, -0.2) is 0 Å². The fourth-order valence-corrected chi connectivity index (χ4v) is 2.84. The van der Waals surface area contributed by atoms with Gasteiger partial charge in [-0.2, -0.15) is 0 Å². The predicted molar refractivity (Wildman–Crippen MR) is 92.7 cm³/mol. The molecule has 23 heavy (non-hydrogen) atoms. The Hall–Kier alpha value is -0.690. The van der Waals surface area contributed by atoms with Crippen LogP contribution in [-0.2, 0) is 14.3 Å². The highest BCUT2D eigenvalue weighted by molar-refractivity contribution is 5.76. The summed E-state index contributed by atoms with van der Waals surface area (Å²) in [4.78, 5) is 19.2. The summed E-state index contributed by atoms with van der Waals surface area (Å²) >= 11 is 0. The molecule has 0 spiro atoms. The molecule has 0 aliphatic carbocycles. The van der Waals surface area contributed by atoms with E-state index < -0.39 is 0 Å². The first kappa shape index (κ1) is 20.4. The highest BCUT2D eigenvalue weighted by Gasteiger charge is 2.26. The van der Waals surface area contributed by atoms with E-state index in [2.05, 4.69) is 35.8 Å². The highest BCUT2D eigenvalue weighted by Crippen LogP contribution is 2.17. The van der Waals surface area contributed by atoms with Gasteiger partial charge in [-0.3, -0.25) is 4.79 Å². The second-order valence-electron chi connectivity index (χ2n) is 6.63. The maximum absolute atomic E-state index is 12.6. The zero-order chi connectivity index (χ0) is 17.1. The largest absolute Gasteiger partial charge is 0.382 e. The SMILES string of the molecule is COCCOCCCC(=O)N(CCN(C)C)C1CCN(C)CC1. The Bertz CT molecular complexity index is 318. The lowest BCUT2D eigenvalue weighted by Crippen LogP contribution is -2.48. The van der Waals surface area contributed by atoms with Crippen LogP contribution >= 0.6 is 0 Å². The number of carbonyl (C=O) groups is 1. The zero-order valence-electron chi connectivity index (χ0n) is 15.4. The van der Waals surface area contributed by atoms with Crippen LogP contribution in [0.5, 0.6) is 0 Å². The zero-order valence-corrected chi connectivity index (χ0v) is 15.4. The lowest BCUT2D eigenvalue weighted by molar-refractivity contribution is -0.135. The van der Waals surface area contributed by atoms with Gasteiger partial charge in [0.2, 0.25) is 5.91 Å². The molecule has 1 saturated heterocycles. The van der Waals surface area contributed by atoms with Gasteiger partial charge in [-0.05, 0) is 53.5 Å². The normalized spacial score (nSPS) is 16.9. The first-order valence-corrected chi connectivity index (χ1v) is 8.74. The molecule has 6 nitrogen and oxygen atoms in total. The maximum Gasteiger partial charge on any atom is 0.222 e. The summed E-state index contributed by atoms with van der Waals surface area (Å²) in [5, 5.41) is 0. The lowest BCUT2D eigenvalue weighted by Gasteiger charge is -2.38. The molecule has 6 heteroatoms. The number of amides is 1. The van der Waals surface area contributed by atoms with Crippen molar-refractivity contribution in [3.63, 3.8) is 0 Å². The van der Waals surface area contributed by atoms with Crippen LogP contribution in [0.2, 0.25) is 0 Å². The molecule has 0 saturated carbocycles. The van der Waals surface area contributed by atoms with Crippen LogP contribution in [-0.4, -0.2) is 101 Å². The fraction of sp³-hybridized carbons (Fsp3) is 0.941. The Morgan fingerprint density at radius 1 is 1.13 bits per heavy atom.